The molecule has 0 spiro atoms. The van der Waals surface area contributed by atoms with Crippen molar-refractivity contribution in [1.29, 1.82) is 0 Å². The van der Waals surface area contributed by atoms with Crippen molar-refractivity contribution in [3.05, 3.63) is 69.6 Å². The topological polar surface area (TPSA) is 85.4 Å². The second kappa shape index (κ2) is 8.73. The summed E-state index contributed by atoms with van der Waals surface area (Å²) in [6.45, 7) is 3.40. The molecule has 0 aliphatic rings. The van der Waals surface area contributed by atoms with Gasteiger partial charge in [0.15, 0.2) is 0 Å². The highest BCUT2D eigenvalue weighted by atomic mass is 79.9. The van der Waals surface area contributed by atoms with Crippen molar-refractivity contribution < 1.29 is 9.00 Å². The quantitative estimate of drug-likeness (QED) is 0.423. The average Bonchev–Trinajstić information content (AvgIpc) is 2.59. The number of aromatic nitrogens is 1. The number of allylic oxidation sites excluding steroid dienone is 2. The standard InChI is InChI=1S/C18H17BrClN3O2S/c1-3-15(23-12(2)18-13(19)7-6-10-22-18)16(24)11-26(21,25)17-9-5-4-8-14(17)20/h3-11H,1-2H3,(H2,21,25)/b15-3-,23-12?. The molecule has 2 aromatic rings. The Morgan fingerprint density at radius 3 is 2.62 bits per heavy atom. The molecule has 0 bridgehead atoms. The number of hydrogen-bond donors (Lipinski definition) is 1. The molecule has 136 valence electrons. The van der Waals surface area contributed by atoms with Crippen LogP contribution in [-0.4, -0.2) is 26.1 Å². The Hall–Kier alpha value is -1.80. The van der Waals surface area contributed by atoms with Crippen LogP contribution in [0, 0.1) is 0 Å². The molecule has 26 heavy (non-hydrogen) atoms. The van der Waals surface area contributed by atoms with Gasteiger partial charge in [-0.15, -0.1) is 0 Å². The number of nitrogens with two attached hydrogens (primary N) is 1. The van der Waals surface area contributed by atoms with Gasteiger partial charge in [-0.1, -0.05) is 29.8 Å². The highest BCUT2D eigenvalue weighted by Gasteiger charge is 2.15. The predicted molar refractivity (Wildman–Crippen MR) is 111 cm³/mol. The molecule has 0 saturated heterocycles. The molecule has 1 atom stereocenters. The van der Waals surface area contributed by atoms with Gasteiger partial charge < -0.3 is 0 Å². The zero-order valence-corrected chi connectivity index (χ0v) is 17.3. The van der Waals surface area contributed by atoms with Crippen LogP contribution in [0.25, 0.3) is 0 Å². The summed E-state index contributed by atoms with van der Waals surface area (Å²) in [5.74, 6) is -0.550. The first kappa shape index (κ1) is 20.5. The van der Waals surface area contributed by atoms with Crippen molar-refractivity contribution in [2.75, 3.05) is 0 Å². The molecule has 1 heterocycles. The normalized spacial score (nSPS) is 14.7. The molecular weight excluding hydrogens is 438 g/mol. The number of rotatable bonds is 5. The third-order valence-corrected chi connectivity index (χ3v) is 6.07. The van der Waals surface area contributed by atoms with E-state index in [0.717, 1.165) is 9.84 Å². The van der Waals surface area contributed by atoms with Crippen LogP contribution < -0.4 is 5.14 Å². The van der Waals surface area contributed by atoms with Crippen molar-refractivity contribution in [3.63, 3.8) is 0 Å². The number of aliphatic imine (C=N–C) groups is 1. The van der Waals surface area contributed by atoms with E-state index in [1.807, 2.05) is 6.07 Å². The lowest BCUT2D eigenvalue weighted by atomic mass is 10.2. The van der Waals surface area contributed by atoms with E-state index in [2.05, 4.69) is 25.9 Å². The van der Waals surface area contributed by atoms with Crippen molar-refractivity contribution in [3.8, 4) is 0 Å². The molecule has 1 unspecified atom stereocenters. The Labute approximate surface area is 166 Å². The number of carbonyl (C=O) groups is 1. The van der Waals surface area contributed by atoms with Crippen LogP contribution in [0.15, 0.2) is 68.7 Å². The largest absolute Gasteiger partial charge is 0.287 e. The number of Topliss-reactive ketones (excluding diaryl/α,β-unsaturated/α-hetero) is 1. The van der Waals surface area contributed by atoms with Crippen molar-refractivity contribution >= 4 is 54.1 Å². The summed E-state index contributed by atoms with van der Waals surface area (Å²) >= 11 is 9.44. The van der Waals surface area contributed by atoms with Crippen LogP contribution in [0.5, 0.6) is 0 Å². The molecule has 2 rings (SSSR count). The van der Waals surface area contributed by atoms with Gasteiger partial charge in [0.05, 0.1) is 36.4 Å². The Bertz CT molecular complexity index is 1020. The molecule has 0 fully saturated rings. The van der Waals surface area contributed by atoms with E-state index < -0.39 is 15.5 Å². The summed E-state index contributed by atoms with van der Waals surface area (Å²) in [6, 6.07) is 10.1. The molecule has 8 heteroatoms. The second-order valence-electron chi connectivity index (χ2n) is 5.27. The maximum atomic E-state index is 12.8. The van der Waals surface area contributed by atoms with Crippen LogP contribution >= 0.6 is 27.5 Å². The zero-order chi connectivity index (χ0) is 19.3. The first-order chi connectivity index (χ1) is 12.3. The van der Waals surface area contributed by atoms with Gasteiger partial charge in [0.1, 0.15) is 5.70 Å². The van der Waals surface area contributed by atoms with E-state index in [4.69, 9.17) is 16.7 Å². The Balaban J connectivity index is 2.41. The fraction of sp³-hybridized carbons (Fsp3) is 0.111. The molecule has 2 N–H and O–H groups in total. The lowest BCUT2D eigenvalue weighted by molar-refractivity contribution is -0.109. The summed E-state index contributed by atoms with van der Waals surface area (Å²) in [5, 5.41) is 7.07. The van der Waals surface area contributed by atoms with Gasteiger partial charge in [-0.25, -0.2) is 9.20 Å². The third-order valence-electron chi connectivity index (χ3n) is 3.38. The summed E-state index contributed by atoms with van der Waals surface area (Å²) in [4.78, 5) is 21.3. The smallest absolute Gasteiger partial charge is 0.213 e. The fourth-order valence-electron chi connectivity index (χ4n) is 2.13. The van der Waals surface area contributed by atoms with Gasteiger partial charge >= 0.3 is 0 Å². The maximum absolute atomic E-state index is 12.8. The van der Waals surface area contributed by atoms with Gasteiger partial charge in [0, 0.05) is 10.7 Å². The minimum atomic E-state index is -3.25. The summed E-state index contributed by atoms with van der Waals surface area (Å²) in [6.07, 6.45) is 3.16. The molecule has 0 aliphatic carbocycles. The summed E-state index contributed by atoms with van der Waals surface area (Å²) in [5.41, 5.74) is 1.26. The number of pyridine rings is 1. The second-order valence-corrected chi connectivity index (χ2v) is 8.50. The number of carbonyl (C=O) groups excluding carboxylic acids is 1. The molecule has 1 aromatic heterocycles. The monoisotopic (exact) mass is 453 g/mol. The number of benzene rings is 1. The van der Waals surface area contributed by atoms with E-state index in [-0.39, 0.29) is 15.6 Å². The molecular formula is C18H17BrClN3O2S. The lowest BCUT2D eigenvalue weighted by Gasteiger charge is -2.08. The van der Waals surface area contributed by atoms with E-state index in [9.17, 15) is 9.00 Å². The van der Waals surface area contributed by atoms with E-state index in [1.165, 1.54) is 12.1 Å². The summed E-state index contributed by atoms with van der Waals surface area (Å²) in [7, 11) is -3.25. The number of hydrogen-bond acceptors (Lipinski definition) is 4. The fourth-order valence-corrected chi connectivity index (χ4v) is 4.40. The summed E-state index contributed by atoms with van der Waals surface area (Å²) < 4.78 is 13.5. The lowest BCUT2D eigenvalue weighted by Crippen LogP contribution is -2.21. The van der Waals surface area contributed by atoms with Crippen molar-refractivity contribution in [1.82, 2.24) is 4.98 Å². The highest BCUT2D eigenvalue weighted by Crippen LogP contribution is 2.20. The first-order valence-electron chi connectivity index (χ1n) is 7.54. The van der Waals surface area contributed by atoms with Gasteiger partial charge in [0.2, 0.25) is 5.78 Å². The Kier molecular flexibility index (Phi) is 6.88. The van der Waals surface area contributed by atoms with Gasteiger partial charge in [-0.3, -0.25) is 14.9 Å². The third kappa shape index (κ3) is 4.88. The molecule has 5 nitrogen and oxygen atoms in total. The van der Waals surface area contributed by atoms with Crippen LogP contribution in [-0.2, 0) is 14.5 Å². The maximum Gasteiger partial charge on any atom is 0.213 e. The van der Waals surface area contributed by atoms with Crippen LogP contribution in [0.2, 0.25) is 5.02 Å². The number of nitrogens with zero attached hydrogens (tertiary/aromatic N) is 2. The average molecular weight is 455 g/mol. The van der Waals surface area contributed by atoms with Crippen LogP contribution in [0.3, 0.4) is 0 Å². The zero-order valence-electron chi connectivity index (χ0n) is 14.1. The highest BCUT2D eigenvalue weighted by molar-refractivity contribution is 9.10. The van der Waals surface area contributed by atoms with Gasteiger partial charge in [0.25, 0.3) is 0 Å². The molecule has 0 saturated carbocycles. The Morgan fingerprint density at radius 2 is 2.00 bits per heavy atom. The van der Waals surface area contributed by atoms with Crippen molar-refractivity contribution in [2.45, 2.75) is 18.7 Å². The first-order valence-corrected chi connectivity index (χ1v) is 10.4. The Morgan fingerprint density at radius 1 is 1.31 bits per heavy atom. The minimum Gasteiger partial charge on any atom is -0.287 e. The van der Waals surface area contributed by atoms with E-state index >= 15 is 0 Å². The minimum absolute atomic E-state index is 0.116. The van der Waals surface area contributed by atoms with E-state index in [1.54, 1.807) is 44.3 Å². The molecule has 1 aromatic carbocycles. The van der Waals surface area contributed by atoms with E-state index in [0.29, 0.717) is 11.4 Å². The van der Waals surface area contributed by atoms with Gasteiger partial charge in [-0.05, 0) is 54.0 Å². The predicted octanol–water partition coefficient (Wildman–Crippen LogP) is 3.80. The molecule has 0 amide bonds. The SMILES string of the molecule is C/C=C(\N=C(C)c1ncccc1Br)C(=O)C=S(N)(=O)c1ccccc1Cl. The van der Waals surface area contributed by atoms with Crippen LogP contribution in [0.1, 0.15) is 19.5 Å². The molecule has 0 aliphatic heterocycles. The van der Waals surface area contributed by atoms with Crippen LogP contribution in [0.4, 0.5) is 0 Å². The van der Waals surface area contributed by atoms with Gasteiger partial charge in [-0.2, -0.15) is 0 Å². The number of ketones is 1. The molecule has 0 radical (unpaired) electrons. The number of halogens is 2. The van der Waals surface area contributed by atoms with Crippen molar-refractivity contribution in [2.24, 2.45) is 10.1 Å².